The molecule has 1 aliphatic carbocycles. The Morgan fingerprint density at radius 3 is 2.50 bits per heavy atom. The fourth-order valence-corrected chi connectivity index (χ4v) is 2.76. The molecule has 128 valence electrons. The topological polar surface area (TPSA) is 50.8 Å². The molecule has 2 rings (SSSR count). The standard InChI is InChI=1S/C17H32N2O3/c1-17(2,3)22-16(20)19(15-5-6-15)10-4-9-18-13-14-7-11-21-12-8-14/h14-15,18H,4-13H2,1-3H3. The van der Waals surface area contributed by atoms with Crippen LogP contribution in [0, 0.1) is 5.92 Å². The number of carbonyl (C=O) groups is 1. The molecule has 0 radical (unpaired) electrons. The molecule has 0 aromatic rings. The molecule has 0 bridgehead atoms. The monoisotopic (exact) mass is 312 g/mol. The van der Waals surface area contributed by atoms with E-state index >= 15 is 0 Å². The SMILES string of the molecule is CC(C)(C)OC(=O)N(CCCNCC1CCOCC1)C1CC1. The first-order valence-electron chi connectivity index (χ1n) is 8.74. The molecule has 0 aromatic carbocycles. The van der Waals surface area contributed by atoms with Gasteiger partial charge in [-0.3, -0.25) is 0 Å². The third-order valence-electron chi connectivity index (χ3n) is 4.14. The van der Waals surface area contributed by atoms with Crippen LogP contribution in [0.5, 0.6) is 0 Å². The van der Waals surface area contributed by atoms with Crippen LogP contribution in [0.15, 0.2) is 0 Å². The maximum Gasteiger partial charge on any atom is 0.410 e. The van der Waals surface area contributed by atoms with E-state index in [1.165, 1.54) is 12.8 Å². The summed E-state index contributed by atoms with van der Waals surface area (Å²) < 4.78 is 10.9. The predicted octanol–water partition coefficient (Wildman–Crippen LogP) is 2.79. The Hall–Kier alpha value is -0.810. The fourth-order valence-electron chi connectivity index (χ4n) is 2.76. The lowest BCUT2D eigenvalue weighted by atomic mass is 10.0. The van der Waals surface area contributed by atoms with E-state index in [1.54, 1.807) is 0 Å². The summed E-state index contributed by atoms with van der Waals surface area (Å²) in [5.74, 6) is 0.749. The molecular formula is C17H32N2O3. The lowest BCUT2D eigenvalue weighted by molar-refractivity contribution is 0.0231. The van der Waals surface area contributed by atoms with E-state index in [0.29, 0.717) is 6.04 Å². The highest BCUT2D eigenvalue weighted by Crippen LogP contribution is 2.28. The largest absolute Gasteiger partial charge is 0.444 e. The summed E-state index contributed by atoms with van der Waals surface area (Å²) in [5, 5.41) is 3.52. The second-order valence-electron chi connectivity index (χ2n) is 7.52. The van der Waals surface area contributed by atoms with Gasteiger partial charge in [-0.2, -0.15) is 0 Å². The number of hydrogen-bond donors (Lipinski definition) is 1. The van der Waals surface area contributed by atoms with Gasteiger partial charge >= 0.3 is 6.09 Å². The minimum atomic E-state index is -0.411. The van der Waals surface area contributed by atoms with Gasteiger partial charge in [0, 0.05) is 25.8 Å². The first kappa shape index (κ1) is 17.5. The number of nitrogens with one attached hydrogen (secondary N) is 1. The van der Waals surface area contributed by atoms with Crippen molar-refractivity contribution < 1.29 is 14.3 Å². The highest BCUT2D eigenvalue weighted by Gasteiger charge is 2.34. The molecule has 0 spiro atoms. The Bertz CT molecular complexity index is 344. The van der Waals surface area contributed by atoms with Gasteiger partial charge in [0.2, 0.25) is 0 Å². The van der Waals surface area contributed by atoms with Crippen molar-refractivity contribution in [3.05, 3.63) is 0 Å². The molecule has 5 heteroatoms. The van der Waals surface area contributed by atoms with Crippen molar-refractivity contribution in [3.8, 4) is 0 Å². The van der Waals surface area contributed by atoms with Crippen LogP contribution in [0.25, 0.3) is 0 Å². The van der Waals surface area contributed by atoms with Gasteiger partial charge in [0.15, 0.2) is 0 Å². The Balaban J connectivity index is 1.61. The molecule has 1 aliphatic heterocycles. The first-order chi connectivity index (χ1) is 10.5. The van der Waals surface area contributed by atoms with E-state index in [-0.39, 0.29) is 6.09 Å². The normalized spacial score (nSPS) is 20.0. The number of hydrogen-bond acceptors (Lipinski definition) is 4. The number of amides is 1. The van der Waals surface area contributed by atoms with E-state index in [4.69, 9.17) is 9.47 Å². The zero-order chi connectivity index (χ0) is 16.0. The van der Waals surface area contributed by atoms with Gasteiger partial charge in [-0.25, -0.2) is 4.79 Å². The quantitative estimate of drug-likeness (QED) is 0.735. The summed E-state index contributed by atoms with van der Waals surface area (Å²) in [4.78, 5) is 14.1. The summed E-state index contributed by atoms with van der Waals surface area (Å²) in [6, 6.07) is 0.408. The second kappa shape index (κ2) is 8.16. The average Bonchev–Trinajstić information content (AvgIpc) is 3.26. The molecule has 1 amide bonds. The molecule has 22 heavy (non-hydrogen) atoms. The van der Waals surface area contributed by atoms with Crippen LogP contribution in [0.4, 0.5) is 4.79 Å². The Morgan fingerprint density at radius 1 is 1.23 bits per heavy atom. The van der Waals surface area contributed by atoms with Crippen molar-refractivity contribution in [3.63, 3.8) is 0 Å². The molecule has 1 heterocycles. The van der Waals surface area contributed by atoms with Crippen molar-refractivity contribution in [2.24, 2.45) is 5.92 Å². The number of ether oxygens (including phenoxy) is 2. The van der Waals surface area contributed by atoms with Gasteiger partial charge in [-0.1, -0.05) is 0 Å². The zero-order valence-electron chi connectivity index (χ0n) is 14.4. The van der Waals surface area contributed by atoms with Gasteiger partial charge in [-0.05, 0) is 71.9 Å². The minimum Gasteiger partial charge on any atom is -0.444 e. The minimum absolute atomic E-state index is 0.153. The highest BCUT2D eigenvalue weighted by atomic mass is 16.6. The molecule has 0 unspecified atom stereocenters. The second-order valence-corrected chi connectivity index (χ2v) is 7.52. The summed E-state index contributed by atoms with van der Waals surface area (Å²) in [6.45, 7) is 10.4. The average molecular weight is 312 g/mol. The van der Waals surface area contributed by atoms with E-state index in [0.717, 1.165) is 58.0 Å². The molecular weight excluding hydrogens is 280 g/mol. The Labute approximate surface area is 134 Å². The van der Waals surface area contributed by atoms with Crippen LogP contribution < -0.4 is 5.32 Å². The molecule has 5 nitrogen and oxygen atoms in total. The maximum atomic E-state index is 12.2. The van der Waals surface area contributed by atoms with Crippen LogP contribution in [0.1, 0.15) is 52.9 Å². The van der Waals surface area contributed by atoms with Crippen molar-refractivity contribution in [1.29, 1.82) is 0 Å². The third-order valence-corrected chi connectivity index (χ3v) is 4.14. The predicted molar refractivity (Wildman–Crippen MR) is 87.0 cm³/mol. The van der Waals surface area contributed by atoms with E-state index in [1.807, 2.05) is 25.7 Å². The van der Waals surface area contributed by atoms with Crippen LogP contribution in [0.2, 0.25) is 0 Å². The van der Waals surface area contributed by atoms with Gasteiger partial charge in [0.25, 0.3) is 0 Å². The highest BCUT2D eigenvalue weighted by molar-refractivity contribution is 5.69. The van der Waals surface area contributed by atoms with Crippen LogP contribution >= 0.6 is 0 Å². The molecule has 0 aromatic heterocycles. The smallest absolute Gasteiger partial charge is 0.410 e. The van der Waals surface area contributed by atoms with Gasteiger partial charge in [-0.15, -0.1) is 0 Å². The first-order valence-corrected chi connectivity index (χ1v) is 8.74. The molecule has 1 saturated heterocycles. The van der Waals surface area contributed by atoms with Crippen LogP contribution in [-0.4, -0.2) is 55.5 Å². The molecule has 0 atom stereocenters. The maximum absolute atomic E-state index is 12.2. The zero-order valence-corrected chi connectivity index (χ0v) is 14.4. The number of carbonyl (C=O) groups excluding carboxylic acids is 1. The Morgan fingerprint density at radius 2 is 1.91 bits per heavy atom. The third kappa shape index (κ3) is 6.53. The number of nitrogens with zero attached hydrogens (tertiary/aromatic N) is 1. The van der Waals surface area contributed by atoms with E-state index < -0.39 is 5.60 Å². The van der Waals surface area contributed by atoms with E-state index in [9.17, 15) is 4.79 Å². The van der Waals surface area contributed by atoms with Crippen molar-refractivity contribution in [1.82, 2.24) is 10.2 Å². The van der Waals surface area contributed by atoms with E-state index in [2.05, 4.69) is 5.32 Å². The van der Waals surface area contributed by atoms with Gasteiger partial charge < -0.3 is 19.7 Å². The van der Waals surface area contributed by atoms with Gasteiger partial charge in [0.1, 0.15) is 5.60 Å². The lowest BCUT2D eigenvalue weighted by Crippen LogP contribution is -2.39. The van der Waals surface area contributed by atoms with Crippen molar-refractivity contribution in [2.75, 3.05) is 32.8 Å². The molecule has 2 fully saturated rings. The molecule has 1 N–H and O–H groups in total. The molecule has 1 saturated carbocycles. The van der Waals surface area contributed by atoms with Crippen LogP contribution in [0.3, 0.4) is 0 Å². The molecule has 2 aliphatic rings. The fraction of sp³-hybridized carbons (Fsp3) is 0.941. The summed E-state index contributed by atoms with van der Waals surface area (Å²) in [7, 11) is 0. The number of rotatable bonds is 7. The summed E-state index contributed by atoms with van der Waals surface area (Å²) >= 11 is 0. The van der Waals surface area contributed by atoms with Crippen molar-refractivity contribution in [2.45, 2.75) is 64.5 Å². The van der Waals surface area contributed by atoms with Gasteiger partial charge in [0.05, 0.1) is 0 Å². The van der Waals surface area contributed by atoms with Crippen molar-refractivity contribution >= 4 is 6.09 Å². The summed E-state index contributed by atoms with van der Waals surface area (Å²) in [5.41, 5.74) is -0.411. The van der Waals surface area contributed by atoms with Crippen LogP contribution in [-0.2, 0) is 9.47 Å². The lowest BCUT2D eigenvalue weighted by Gasteiger charge is -2.27. The summed E-state index contributed by atoms with van der Waals surface area (Å²) in [6.07, 6.45) is 5.40. The Kier molecular flexibility index (Phi) is 6.50.